The van der Waals surface area contributed by atoms with Gasteiger partial charge >= 0.3 is 6.18 Å². The normalized spacial score (nSPS) is 26.2. The smallest absolute Gasteiger partial charge is 0.314 e. The van der Waals surface area contributed by atoms with Crippen LogP contribution >= 0.6 is 0 Å². The number of alkyl halides is 3. The Balaban J connectivity index is 1.61. The summed E-state index contributed by atoms with van der Waals surface area (Å²) < 4.78 is 38.3. The maximum absolute atomic E-state index is 12.8. The molecule has 0 spiro atoms. The lowest BCUT2D eigenvalue weighted by molar-refractivity contribution is -0.137. The summed E-state index contributed by atoms with van der Waals surface area (Å²) in [7, 11) is 0. The molecule has 0 heterocycles. The van der Waals surface area contributed by atoms with Gasteiger partial charge in [-0.2, -0.15) is 13.2 Å². The summed E-state index contributed by atoms with van der Waals surface area (Å²) in [6.45, 7) is 1.04. The fourth-order valence-electron chi connectivity index (χ4n) is 3.43. The van der Waals surface area contributed by atoms with Crippen LogP contribution in [0.5, 0.6) is 0 Å². The third-order valence-electron chi connectivity index (χ3n) is 4.81. The van der Waals surface area contributed by atoms with Crippen molar-refractivity contribution < 1.29 is 13.2 Å². The van der Waals surface area contributed by atoms with E-state index in [9.17, 15) is 13.2 Å². The molecule has 116 valence electrons. The van der Waals surface area contributed by atoms with Gasteiger partial charge in [0.1, 0.15) is 0 Å². The van der Waals surface area contributed by atoms with Crippen LogP contribution < -0.4 is 5.32 Å². The molecule has 2 saturated carbocycles. The highest BCUT2D eigenvalue weighted by atomic mass is 19.4. The lowest BCUT2D eigenvalue weighted by atomic mass is 9.89. The molecule has 0 radical (unpaired) electrons. The largest absolute Gasteiger partial charge is 0.416 e. The molecule has 0 bridgehead atoms. The second-order valence-corrected chi connectivity index (χ2v) is 6.54. The van der Waals surface area contributed by atoms with Gasteiger partial charge < -0.3 is 5.32 Å². The molecule has 1 aromatic rings. The molecule has 1 aromatic carbocycles. The summed E-state index contributed by atoms with van der Waals surface area (Å²) in [5.41, 5.74) is 0.304. The van der Waals surface area contributed by atoms with E-state index in [4.69, 9.17) is 0 Å². The molecule has 2 aliphatic rings. The summed E-state index contributed by atoms with van der Waals surface area (Å²) in [5, 5.41) is 3.57. The molecule has 21 heavy (non-hydrogen) atoms. The van der Waals surface area contributed by atoms with Gasteiger partial charge in [0.15, 0.2) is 0 Å². The Morgan fingerprint density at radius 1 is 1.05 bits per heavy atom. The molecule has 0 aromatic heterocycles. The van der Waals surface area contributed by atoms with Gasteiger partial charge in [-0.1, -0.05) is 24.6 Å². The number of hydrogen-bond acceptors (Lipinski definition) is 1. The Hall–Kier alpha value is -1.03. The molecule has 0 saturated heterocycles. The highest BCUT2D eigenvalue weighted by Gasteiger charge is 2.32. The van der Waals surface area contributed by atoms with Crippen LogP contribution in [0, 0.1) is 11.8 Å². The third kappa shape index (κ3) is 4.00. The number of halogens is 3. The third-order valence-corrected chi connectivity index (χ3v) is 4.81. The maximum atomic E-state index is 12.8. The van der Waals surface area contributed by atoms with Crippen LogP contribution in [0.4, 0.5) is 13.2 Å². The predicted molar refractivity (Wildman–Crippen MR) is 77.0 cm³/mol. The first-order valence-electron chi connectivity index (χ1n) is 7.92. The SMILES string of the molecule is FC(F)(F)c1cccc(CC2CCCC2CNC2CC2)c1. The highest BCUT2D eigenvalue weighted by molar-refractivity contribution is 5.26. The quantitative estimate of drug-likeness (QED) is 0.848. The van der Waals surface area contributed by atoms with Crippen molar-refractivity contribution in [3.63, 3.8) is 0 Å². The van der Waals surface area contributed by atoms with Crippen LogP contribution in [0.2, 0.25) is 0 Å². The number of hydrogen-bond donors (Lipinski definition) is 1. The summed E-state index contributed by atoms with van der Waals surface area (Å²) in [4.78, 5) is 0. The molecule has 2 unspecified atom stereocenters. The van der Waals surface area contributed by atoms with Crippen molar-refractivity contribution in [1.82, 2.24) is 5.32 Å². The Morgan fingerprint density at radius 3 is 2.52 bits per heavy atom. The Kier molecular flexibility index (Phi) is 4.25. The van der Waals surface area contributed by atoms with E-state index in [1.54, 1.807) is 0 Å². The first-order chi connectivity index (χ1) is 10.0. The van der Waals surface area contributed by atoms with E-state index >= 15 is 0 Å². The fourth-order valence-corrected chi connectivity index (χ4v) is 3.43. The first kappa shape index (κ1) is 14.9. The number of rotatable bonds is 5. The zero-order valence-corrected chi connectivity index (χ0v) is 12.1. The fraction of sp³-hybridized carbons (Fsp3) is 0.647. The van der Waals surface area contributed by atoms with Crippen LogP contribution in [0.15, 0.2) is 24.3 Å². The lowest BCUT2D eigenvalue weighted by Crippen LogP contribution is -2.27. The van der Waals surface area contributed by atoms with E-state index in [0.717, 1.165) is 31.0 Å². The zero-order valence-electron chi connectivity index (χ0n) is 12.1. The van der Waals surface area contributed by atoms with Crippen LogP contribution in [-0.4, -0.2) is 12.6 Å². The van der Waals surface area contributed by atoms with Crippen molar-refractivity contribution >= 4 is 0 Å². The summed E-state index contributed by atoms with van der Waals surface area (Å²) >= 11 is 0. The number of nitrogens with one attached hydrogen (secondary N) is 1. The molecule has 3 rings (SSSR count). The molecular formula is C17H22F3N. The minimum atomic E-state index is -4.24. The van der Waals surface area contributed by atoms with Crippen molar-refractivity contribution in [2.24, 2.45) is 11.8 Å². The van der Waals surface area contributed by atoms with Gasteiger partial charge in [0.05, 0.1) is 5.56 Å². The van der Waals surface area contributed by atoms with Gasteiger partial charge in [-0.25, -0.2) is 0 Å². The lowest BCUT2D eigenvalue weighted by Gasteiger charge is -2.20. The molecule has 2 atom stereocenters. The van der Waals surface area contributed by atoms with Crippen molar-refractivity contribution in [1.29, 1.82) is 0 Å². The van der Waals surface area contributed by atoms with Gasteiger partial charge in [0.2, 0.25) is 0 Å². The van der Waals surface area contributed by atoms with E-state index < -0.39 is 11.7 Å². The summed E-state index contributed by atoms with van der Waals surface area (Å²) in [6.07, 6.45) is 2.67. The molecular weight excluding hydrogens is 275 g/mol. The van der Waals surface area contributed by atoms with Crippen molar-refractivity contribution in [3.05, 3.63) is 35.4 Å². The monoisotopic (exact) mass is 297 g/mol. The second-order valence-electron chi connectivity index (χ2n) is 6.54. The van der Waals surface area contributed by atoms with E-state index in [-0.39, 0.29) is 0 Å². The molecule has 1 nitrogen and oxygen atoms in total. The molecule has 1 N–H and O–H groups in total. The van der Waals surface area contributed by atoms with Crippen LogP contribution in [0.1, 0.15) is 43.2 Å². The van der Waals surface area contributed by atoms with Crippen molar-refractivity contribution in [3.8, 4) is 0 Å². The van der Waals surface area contributed by atoms with E-state index in [1.165, 1.54) is 37.8 Å². The van der Waals surface area contributed by atoms with Gasteiger partial charge in [-0.3, -0.25) is 0 Å². The van der Waals surface area contributed by atoms with Gasteiger partial charge in [0.25, 0.3) is 0 Å². The molecule has 2 fully saturated rings. The van der Waals surface area contributed by atoms with Crippen molar-refractivity contribution in [2.75, 3.05) is 6.54 Å². The van der Waals surface area contributed by atoms with Gasteiger partial charge in [0, 0.05) is 6.04 Å². The van der Waals surface area contributed by atoms with Crippen LogP contribution in [0.25, 0.3) is 0 Å². The minimum absolute atomic E-state index is 0.523. The molecule has 4 heteroatoms. The Bertz CT molecular complexity index is 479. The first-order valence-corrected chi connectivity index (χ1v) is 7.92. The Labute approximate surface area is 123 Å². The number of benzene rings is 1. The highest BCUT2D eigenvalue weighted by Crippen LogP contribution is 2.36. The van der Waals surface area contributed by atoms with Gasteiger partial charge in [-0.05, 0) is 62.1 Å². The maximum Gasteiger partial charge on any atom is 0.416 e. The average molecular weight is 297 g/mol. The molecule has 2 aliphatic carbocycles. The Morgan fingerprint density at radius 2 is 1.81 bits per heavy atom. The van der Waals surface area contributed by atoms with Gasteiger partial charge in [-0.15, -0.1) is 0 Å². The summed E-state index contributed by atoms with van der Waals surface area (Å²) in [6, 6.07) is 6.55. The van der Waals surface area contributed by atoms with Crippen molar-refractivity contribution in [2.45, 2.75) is 50.7 Å². The van der Waals surface area contributed by atoms with E-state index in [2.05, 4.69) is 5.32 Å². The van der Waals surface area contributed by atoms with E-state index in [1.807, 2.05) is 6.07 Å². The zero-order chi connectivity index (χ0) is 14.9. The predicted octanol–water partition coefficient (Wildman–Crippen LogP) is 4.42. The minimum Gasteiger partial charge on any atom is -0.314 e. The molecule has 0 amide bonds. The topological polar surface area (TPSA) is 12.0 Å². The van der Waals surface area contributed by atoms with Crippen LogP contribution in [-0.2, 0) is 12.6 Å². The standard InChI is InChI=1S/C17H22F3N/c18-17(19,20)15-6-1-3-12(10-15)9-13-4-2-5-14(13)11-21-16-7-8-16/h1,3,6,10,13-14,16,21H,2,4-5,7-9,11H2. The van der Waals surface area contributed by atoms with E-state index in [0.29, 0.717) is 17.9 Å². The summed E-state index contributed by atoms with van der Waals surface area (Å²) in [5.74, 6) is 1.15. The average Bonchev–Trinajstić information content (AvgIpc) is 3.17. The van der Waals surface area contributed by atoms with Crippen LogP contribution in [0.3, 0.4) is 0 Å². The second kappa shape index (κ2) is 5.99. The molecule has 0 aliphatic heterocycles.